The number of alkyl carbamates (subject to hydrolysis) is 1. The number of amides is 4. The topological polar surface area (TPSA) is 210 Å². The van der Waals surface area contributed by atoms with Crippen LogP contribution in [0.15, 0.2) is 36.4 Å². The van der Waals surface area contributed by atoms with Crippen LogP contribution in [0.2, 0.25) is 0 Å². The molecule has 4 amide bonds. The number of hydrogen-bond acceptors (Lipinski definition) is 11. The average Bonchev–Trinajstić information content (AvgIpc) is 3.96. The molecule has 15 nitrogen and oxygen atoms in total. The number of para-hydroxylation sites is 1. The summed E-state index contributed by atoms with van der Waals surface area (Å²) >= 11 is 0. The van der Waals surface area contributed by atoms with E-state index >= 15 is 0 Å². The summed E-state index contributed by atoms with van der Waals surface area (Å²) in [7, 11) is -2.15. The number of likely N-dealkylation sites (tertiary alicyclic amines) is 1. The van der Waals surface area contributed by atoms with E-state index in [1.54, 1.807) is 45.0 Å². The Balaban J connectivity index is 1.30. The summed E-state index contributed by atoms with van der Waals surface area (Å²) < 4.78 is 48.0. The molecule has 1 aromatic carbocycles. The van der Waals surface area contributed by atoms with Gasteiger partial charge in [0.25, 0.3) is 0 Å². The lowest BCUT2D eigenvalue weighted by Crippen LogP contribution is -2.53. The van der Waals surface area contributed by atoms with Crippen LogP contribution in [0, 0.1) is 11.8 Å². The summed E-state index contributed by atoms with van der Waals surface area (Å²) in [4.78, 5) is 65.2. The number of rotatable bonds is 16. The summed E-state index contributed by atoms with van der Waals surface area (Å²) in [5.74, 6) is -2.67. The third-order valence-corrected chi connectivity index (χ3v) is 10.1. The molecule has 270 valence electrons. The number of nitrogens with zero attached hydrogens (tertiary/aromatic N) is 1. The molecular formula is C33H46N4O11S. The van der Waals surface area contributed by atoms with Gasteiger partial charge in [-0.1, -0.05) is 24.3 Å². The monoisotopic (exact) mass is 706 g/mol. The minimum atomic E-state index is -3.57. The Labute approximate surface area is 286 Å². The van der Waals surface area contributed by atoms with Crippen molar-refractivity contribution in [2.24, 2.45) is 17.6 Å². The molecule has 3 aliphatic rings. The number of hydrogen-bond donors (Lipinski definition) is 3. The highest BCUT2D eigenvalue weighted by Crippen LogP contribution is 2.40. The van der Waals surface area contributed by atoms with Gasteiger partial charge in [-0.2, -0.15) is 0 Å². The van der Waals surface area contributed by atoms with E-state index in [1.807, 2.05) is 6.08 Å². The molecule has 0 spiro atoms. The maximum atomic E-state index is 13.8. The number of benzene rings is 1. The first-order valence-electron chi connectivity index (χ1n) is 16.3. The number of carbonyl (C=O) groups is 5. The summed E-state index contributed by atoms with van der Waals surface area (Å²) in [5, 5.41) is 2.13. The van der Waals surface area contributed by atoms with Gasteiger partial charge in [-0.3, -0.25) is 19.1 Å². The molecule has 4 rings (SSSR count). The van der Waals surface area contributed by atoms with Crippen LogP contribution in [0.1, 0.15) is 69.7 Å². The van der Waals surface area contributed by atoms with Crippen molar-refractivity contribution in [1.29, 1.82) is 0 Å². The highest BCUT2D eigenvalue weighted by Gasteiger charge is 2.45. The molecule has 2 saturated carbocycles. The van der Waals surface area contributed by atoms with Crippen LogP contribution >= 0.6 is 0 Å². The molecule has 1 heterocycles. The largest absolute Gasteiger partial charge is 0.496 e. The van der Waals surface area contributed by atoms with Crippen molar-refractivity contribution in [3.8, 4) is 5.75 Å². The van der Waals surface area contributed by atoms with Crippen molar-refractivity contribution >= 4 is 39.8 Å². The Hall–Kier alpha value is -4.18. The minimum Gasteiger partial charge on any atom is -0.496 e. The second-order valence-electron chi connectivity index (χ2n) is 13.4. The van der Waals surface area contributed by atoms with Crippen molar-refractivity contribution in [2.75, 3.05) is 26.9 Å². The molecule has 0 radical (unpaired) electrons. The smallest absolute Gasteiger partial charge is 0.408 e. The fourth-order valence-corrected chi connectivity index (χ4v) is 6.86. The Morgan fingerprint density at radius 3 is 2.47 bits per heavy atom. The van der Waals surface area contributed by atoms with Gasteiger partial charge in [-0.05, 0) is 70.9 Å². The Kier molecular flexibility index (Phi) is 12.3. The highest BCUT2D eigenvalue weighted by atomic mass is 32.2. The third kappa shape index (κ3) is 10.9. The van der Waals surface area contributed by atoms with Crippen LogP contribution in [0.4, 0.5) is 4.79 Å². The van der Waals surface area contributed by atoms with Crippen LogP contribution in [-0.4, -0.2) is 99.0 Å². The van der Waals surface area contributed by atoms with E-state index in [0.29, 0.717) is 31.4 Å². The van der Waals surface area contributed by atoms with Gasteiger partial charge in [0.05, 0.1) is 25.5 Å². The molecular weight excluding hydrogens is 660 g/mol. The molecule has 1 aromatic rings. The molecule has 0 aromatic heterocycles. The number of sulfonamides is 1. The van der Waals surface area contributed by atoms with E-state index in [2.05, 4.69) is 10.0 Å². The maximum absolute atomic E-state index is 13.8. The first-order chi connectivity index (χ1) is 23.1. The van der Waals surface area contributed by atoms with E-state index in [-0.39, 0.29) is 50.0 Å². The first kappa shape index (κ1) is 37.6. The number of methoxy groups -OCH3 is 1. The summed E-state index contributed by atoms with van der Waals surface area (Å²) in [6, 6.07) is 4.32. The zero-order valence-corrected chi connectivity index (χ0v) is 29.0. The Morgan fingerprint density at radius 1 is 1.10 bits per heavy atom. The van der Waals surface area contributed by atoms with Crippen molar-refractivity contribution in [3.63, 3.8) is 0 Å². The lowest BCUT2D eigenvalue weighted by Gasteiger charge is -2.28. The van der Waals surface area contributed by atoms with E-state index in [0.717, 1.165) is 0 Å². The van der Waals surface area contributed by atoms with Gasteiger partial charge in [-0.15, -0.1) is 0 Å². The quantitative estimate of drug-likeness (QED) is 0.128. The fourth-order valence-electron chi connectivity index (χ4n) is 5.51. The van der Waals surface area contributed by atoms with Crippen molar-refractivity contribution in [3.05, 3.63) is 42.0 Å². The van der Waals surface area contributed by atoms with Crippen LogP contribution in [0.3, 0.4) is 0 Å². The zero-order chi connectivity index (χ0) is 35.9. The SMILES string of the molecule is COc1ccccc1C(=O)O[C@@H]1C[C@@H](C(N)=O)N(C(=O)[C@H](CCCOC/C=C\[C@@H]2C[C@@H]2C(=O)NS(=O)(=O)C2CC2)NC(=O)OC(C)(C)C)C1. The van der Waals surface area contributed by atoms with Crippen LogP contribution in [0.5, 0.6) is 5.75 Å². The Morgan fingerprint density at radius 2 is 1.82 bits per heavy atom. The van der Waals surface area contributed by atoms with Crippen molar-refractivity contribution in [1.82, 2.24) is 14.9 Å². The predicted molar refractivity (Wildman–Crippen MR) is 176 cm³/mol. The van der Waals surface area contributed by atoms with E-state index in [9.17, 15) is 32.4 Å². The number of nitrogens with one attached hydrogen (secondary N) is 2. The van der Waals surface area contributed by atoms with E-state index in [4.69, 9.17) is 24.7 Å². The first-order valence-corrected chi connectivity index (χ1v) is 17.9. The molecule has 5 atom stereocenters. The van der Waals surface area contributed by atoms with Crippen LogP contribution < -0.4 is 20.5 Å². The van der Waals surface area contributed by atoms with Gasteiger partial charge in [0, 0.05) is 18.9 Å². The summed E-state index contributed by atoms with van der Waals surface area (Å²) in [5.41, 5.74) is 4.99. The number of primary amides is 1. The normalized spacial score (nSPS) is 22.7. The molecule has 2 aliphatic carbocycles. The second-order valence-corrected chi connectivity index (χ2v) is 15.4. The molecule has 0 unspecified atom stereocenters. The van der Waals surface area contributed by atoms with Crippen LogP contribution in [0.25, 0.3) is 0 Å². The zero-order valence-electron chi connectivity index (χ0n) is 28.2. The van der Waals surface area contributed by atoms with E-state index in [1.165, 1.54) is 18.1 Å². The number of allylic oxidation sites excluding steroid dienone is 1. The van der Waals surface area contributed by atoms with E-state index < -0.39 is 68.8 Å². The molecule has 3 fully saturated rings. The van der Waals surface area contributed by atoms with Crippen molar-refractivity contribution < 1.29 is 51.3 Å². The third-order valence-electron chi connectivity index (χ3n) is 8.23. The van der Waals surface area contributed by atoms with Gasteiger partial charge in [-0.25, -0.2) is 18.0 Å². The maximum Gasteiger partial charge on any atom is 0.408 e. The molecule has 1 saturated heterocycles. The highest BCUT2D eigenvalue weighted by molar-refractivity contribution is 7.90. The molecule has 0 bridgehead atoms. The molecule has 1 aliphatic heterocycles. The lowest BCUT2D eigenvalue weighted by molar-refractivity contribution is -0.139. The second kappa shape index (κ2) is 16.0. The number of carbonyl (C=O) groups excluding carboxylic acids is 5. The van der Waals surface area contributed by atoms with Gasteiger partial charge < -0.3 is 34.9 Å². The molecule has 16 heteroatoms. The lowest BCUT2D eigenvalue weighted by atomic mass is 10.1. The summed E-state index contributed by atoms with van der Waals surface area (Å²) in [6.07, 6.45) is 4.09. The minimum absolute atomic E-state index is 0.0175. The molecule has 4 N–H and O–H groups in total. The molecule has 49 heavy (non-hydrogen) atoms. The average molecular weight is 707 g/mol. The number of ether oxygens (including phenoxy) is 4. The van der Waals surface area contributed by atoms with Gasteiger partial charge in [0.2, 0.25) is 27.7 Å². The number of esters is 1. The number of nitrogens with two attached hydrogens (primary N) is 1. The standard InChI is InChI=1S/C33H46N4O11S/c1-33(2,3)48-32(42)35-25(11-8-16-46-15-7-9-20-17-24(20)29(39)36-49(43,44)22-13-14-22)30(40)37-19-21(18-26(37)28(34)38)47-31(41)23-10-5-6-12-27(23)45-4/h5-7,9-10,12,20-22,24-26H,8,11,13-19H2,1-4H3,(H2,34,38)(H,35,42)(H,36,39)/b9-7-/t20-,21-,24+,25+,26+/m1/s1. The van der Waals surface area contributed by atoms with Gasteiger partial charge in [0.1, 0.15) is 35.1 Å². The van der Waals surface area contributed by atoms with Gasteiger partial charge in [0.15, 0.2) is 0 Å². The van der Waals surface area contributed by atoms with Crippen LogP contribution in [-0.2, 0) is 38.6 Å². The summed E-state index contributed by atoms with van der Waals surface area (Å²) in [6.45, 7) is 5.37. The van der Waals surface area contributed by atoms with Gasteiger partial charge >= 0.3 is 12.1 Å². The predicted octanol–water partition coefficient (Wildman–Crippen LogP) is 1.80. The van der Waals surface area contributed by atoms with Crippen molar-refractivity contribution in [2.45, 2.75) is 88.3 Å². The Bertz CT molecular complexity index is 1540. The fraction of sp³-hybridized carbons (Fsp3) is 0.606.